The second-order valence-corrected chi connectivity index (χ2v) is 12.8. The molecule has 1 aliphatic rings. The van der Waals surface area contributed by atoms with E-state index in [1.165, 1.54) is 18.2 Å². The van der Waals surface area contributed by atoms with Gasteiger partial charge in [0.25, 0.3) is 5.69 Å². The highest BCUT2D eigenvalue weighted by atomic mass is 28.4. The fourth-order valence-electron chi connectivity index (χ4n) is 2.72. The van der Waals surface area contributed by atoms with Gasteiger partial charge >= 0.3 is 0 Å². The molecule has 0 spiro atoms. The van der Waals surface area contributed by atoms with Gasteiger partial charge in [0, 0.05) is 19.2 Å². The van der Waals surface area contributed by atoms with Gasteiger partial charge in [0.1, 0.15) is 0 Å². The molecule has 5 nitrogen and oxygen atoms in total. The van der Waals surface area contributed by atoms with Gasteiger partial charge in [-0.05, 0) is 31.1 Å². The van der Waals surface area contributed by atoms with Gasteiger partial charge < -0.3 is 9.33 Å². The van der Waals surface area contributed by atoms with E-state index in [0.29, 0.717) is 13.1 Å². The Kier molecular flexibility index (Phi) is 4.32. The quantitative estimate of drug-likeness (QED) is 0.465. The molecule has 2 rings (SSSR count). The average molecular weight is 340 g/mol. The number of anilines is 1. The highest BCUT2D eigenvalue weighted by Crippen LogP contribution is 2.43. The highest BCUT2D eigenvalue weighted by molar-refractivity contribution is 6.74. The molecule has 0 N–H and O–H groups in total. The smallest absolute Gasteiger partial charge is 0.295 e. The molecule has 128 valence electrons. The third-order valence-corrected chi connectivity index (χ3v) is 9.45. The standard InChI is InChI=1S/C16H25FN2O3Si/c1-15(2,3)23(5,6)22-16(4)10-18(11-16)14-12(17)8-7-9-13(14)19(20)21/h7-9H,10-11H2,1-6H3. The van der Waals surface area contributed by atoms with E-state index >= 15 is 0 Å². The number of nitro groups is 1. The summed E-state index contributed by atoms with van der Waals surface area (Å²) < 4.78 is 20.5. The maximum Gasteiger partial charge on any atom is 0.295 e. The summed E-state index contributed by atoms with van der Waals surface area (Å²) in [6.07, 6.45) is 0. The summed E-state index contributed by atoms with van der Waals surface area (Å²) in [5, 5.41) is 11.2. The van der Waals surface area contributed by atoms with Crippen LogP contribution in [0.3, 0.4) is 0 Å². The molecule has 0 saturated carbocycles. The van der Waals surface area contributed by atoms with Crippen LogP contribution in [0.5, 0.6) is 0 Å². The first-order valence-corrected chi connectivity index (χ1v) is 10.7. The molecule has 1 aromatic rings. The molecule has 1 fully saturated rings. The second-order valence-electron chi connectivity index (χ2n) is 8.03. The Balaban J connectivity index is 2.18. The lowest BCUT2D eigenvalue weighted by molar-refractivity contribution is -0.384. The Labute approximate surface area is 137 Å². The largest absolute Gasteiger partial charge is 0.408 e. The average Bonchev–Trinajstić information content (AvgIpc) is 2.33. The molecule has 0 atom stereocenters. The van der Waals surface area contributed by atoms with E-state index in [2.05, 4.69) is 33.9 Å². The van der Waals surface area contributed by atoms with Crippen LogP contribution in [-0.4, -0.2) is 31.9 Å². The second kappa shape index (κ2) is 5.56. The molecule has 7 heteroatoms. The fourth-order valence-corrected chi connectivity index (χ4v) is 4.38. The lowest BCUT2D eigenvalue weighted by Crippen LogP contribution is -2.66. The van der Waals surface area contributed by atoms with E-state index < -0.39 is 19.1 Å². The predicted molar refractivity (Wildman–Crippen MR) is 92.0 cm³/mol. The lowest BCUT2D eigenvalue weighted by Gasteiger charge is -2.53. The van der Waals surface area contributed by atoms with Crippen LogP contribution in [0, 0.1) is 15.9 Å². The van der Waals surface area contributed by atoms with Crippen molar-refractivity contribution < 1.29 is 13.7 Å². The minimum atomic E-state index is -1.94. The van der Waals surface area contributed by atoms with Crippen LogP contribution in [0.15, 0.2) is 18.2 Å². The van der Waals surface area contributed by atoms with Gasteiger partial charge in [-0.3, -0.25) is 10.1 Å². The van der Waals surface area contributed by atoms with E-state index in [1.54, 1.807) is 4.90 Å². The lowest BCUT2D eigenvalue weighted by atomic mass is 9.95. The number of hydrogen-bond acceptors (Lipinski definition) is 4. The Morgan fingerprint density at radius 1 is 1.35 bits per heavy atom. The summed E-state index contributed by atoms with van der Waals surface area (Å²) in [4.78, 5) is 12.3. The van der Waals surface area contributed by atoms with E-state index in [4.69, 9.17) is 4.43 Å². The summed E-state index contributed by atoms with van der Waals surface area (Å²) in [6, 6.07) is 3.96. The summed E-state index contributed by atoms with van der Waals surface area (Å²) in [6.45, 7) is 13.8. The molecule has 0 radical (unpaired) electrons. The maximum atomic E-state index is 14.1. The Morgan fingerprint density at radius 3 is 2.39 bits per heavy atom. The van der Waals surface area contributed by atoms with Gasteiger partial charge in [0.15, 0.2) is 19.8 Å². The molecule has 1 aliphatic heterocycles. The summed E-state index contributed by atoms with van der Waals surface area (Å²) in [7, 11) is -1.94. The van der Waals surface area contributed by atoms with Crippen molar-refractivity contribution in [3.05, 3.63) is 34.1 Å². The van der Waals surface area contributed by atoms with E-state index in [1.807, 2.05) is 6.92 Å². The first-order valence-electron chi connectivity index (χ1n) is 7.74. The van der Waals surface area contributed by atoms with Gasteiger partial charge in [-0.2, -0.15) is 0 Å². The van der Waals surface area contributed by atoms with Gasteiger partial charge in [0.05, 0.1) is 10.5 Å². The van der Waals surface area contributed by atoms with Crippen LogP contribution in [0.1, 0.15) is 27.7 Å². The van der Waals surface area contributed by atoms with Crippen LogP contribution < -0.4 is 4.90 Å². The zero-order valence-electron chi connectivity index (χ0n) is 14.6. The Hall–Kier alpha value is -1.47. The van der Waals surface area contributed by atoms with Gasteiger partial charge in [-0.1, -0.05) is 26.8 Å². The SMILES string of the molecule is CC1(O[Si](C)(C)C(C)(C)C)CN(c2c(F)cccc2[N+](=O)[O-])C1. The Bertz CT molecular complexity index is 622. The zero-order valence-corrected chi connectivity index (χ0v) is 15.6. The topological polar surface area (TPSA) is 55.6 Å². The van der Waals surface area contributed by atoms with Crippen LogP contribution in [0.25, 0.3) is 0 Å². The van der Waals surface area contributed by atoms with Crippen molar-refractivity contribution in [1.82, 2.24) is 0 Å². The van der Waals surface area contributed by atoms with E-state index in [-0.39, 0.29) is 22.0 Å². The van der Waals surface area contributed by atoms with E-state index in [0.717, 1.165) is 0 Å². The summed E-state index contributed by atoms with van der Waals surface area (Å²) in [5.41, 5.74) is -0.521. The van der Waals surface area contributed by atoms with Crippen molar-refractivity contribution in [2.24, 2.45) is 0 Å². The molecular formula is C16H25FN2O3Si. The van der Waals surface area contributed by atoms with Crippen molar-refractivity contribution in [1.29, 1.82) is 0 Å². The molecule has 0 bridgehead atoms. The van der Waals surface area contributed by atoms with Crippen molar-refractivity contribution in [3.63, 3.8) is 0 Å². The van der Waals surface area contributed by atoms with E-state index in [9.17, 15) is 14.5 Å². The highest BCUT2D eigenvalue weighted by Gasteiger charge is 2.49. The number of nitrogens with zero attached hydrogens (tertiary/aromatic N) is 2. The number of para-hydroxylation sites is 1. The first kappa shape index (κ1) is 17.9. The molecule has 1 heterocycles. The van der Waals surface area contributed by atoms with Crippen molar-refractivity contribution in [2.75, 3.05) is 18.0 Å². The third-order valence-electron chi connectivity index (χ3n) is 4.84. The molecule has 0 amide bonds. The molecule has 1 saturated heterocycles. The van der Waals surface area contributed by atoms with Crippen LogP contribution >= 0.6 is 0 Å². The molecular weight excluding hydrogens is 315 g/mol. The monoisotopic (exact) mass is 340 g/mol. The normalized spacial score (nSPS) is 17.8. The third kappa shape index (κ3) is 3.40. The van der Waals surface area contributed by atoms with Crippen molar-refractivity contribution >= 4 is 19.7 Å². The van der Waals surface area contributed by atoms with Gasteiger partial charge in [-0.15, -0.1) is 0 Å². The minimum absolute atomic E-state index is 0.0637. The van der Waals surface area contributed by atoms with Crippen LogP contribution in [0.2, 0.25) is 18.1 Å². The van der Waals surface area contributed by atoms with Gasteiger partial charge in [0.2, 0.25) is 0 Å². The molecule has 0 aromatic heterocycles. The number of hydrogen-bond donors (Lipinski definition) is 0. The minimum Gasteiger partial charge on any atom is -0.408 e. The molecule has 1 aromatic carbocycles. The maximum absolute atomic E-state index is 14.1. The predicted octanol–water partition coefficient (Wildman–Crippen LogP) is 4.33. The zero-order chi connectivity index (χ0) is 17.6. The number of benzene rings is 1. The molecule has 0 aliphatic carbocycles. The fraction of sp³-hybridized carbons (Fsp3) is 0.625. The summed E-state index contributed by atoms with van der Waals surface area (Å²) >= 11 is 0. The first-order chi connectivity index (χ1) is 10.4. The number of halogens is 1. The van der Waals surface area contributed by atoms with Gasteiger partial charge in [-0.25, -0.2) is 4.39 Å². The number of rotatable bonds is 4. The van der Waals surface area contributed by atoms with Crippen molar-refractivity contribution in [2.45, 2.75) is 51.4 Å². The van der Waals surface area contributed by atoms with Crippen LogP contribution in [-0.2, 0) is 4.43 Å². The van der Waals surface area contributed by atoms with Crippen LogP contribution in [0.4, 0.5) is 15.8 Å². The molecule has 0 unspecified atom stereocenters. The van der Waals surface area contributed by atoms with Crippen molar-refractivity contribution in [3.8, 4) is 0 Å². The molecule has 23 heavy (non-hydrogen) atoms. The Morgan fingerprint density at radius 2 is 1.91 bits per heavy atom. The summed E-state index contributed by atoms with van der Waals surface area (Å²) in [5.74, 6) is -0.562. The number of nitro benzene ring substituents is 1.